The van der Waals surface area contributed by atoms with Crippen LogP contribution < -0.4 is 15.4 Å². The van der Waals surface area contributed by atoms with Crippen molar-refractivity contribution in [2.24, 2.45) is 10.9 Å². The van der Waals surface area contributed by atoms with Crippen LogP contribution in [0.1, 0.15) is 40.2 Å². The number of hydrogen-bond acceptors (Lipinski definition) is 3. The number of guanidine groups is 1. The van der Waals surface area contributed by atoms with E-state index in [0.717, 1.165) is 36.9 Å². The van der Waals surface area contributed by atoms with E-state index in [1.165, 1.54) is 0 Å². The number of hydrogen-bond donors (Lipinski definition) is 2. The summed E-state index contributed by atoms with van der Waals surface area (Å²) in [5, 5.41) is 7.00. The van der Waals surface area contributed by atoms with E-state index in [2.05, 4.69) is 55.4 Å². The second-order valence-electron chi connectivity index (χ2n) is 7.05. The van der Waals surface area contributed by atoms with Crippen LogP contribution in [0.25, 0.3) is 0 Å². The predicted molar refractivity (Wildman–Crippen MR) is 105 cm³/mol. The quantitative estimate of drug-likeness (QED) is 0.589. The molecule has 0 radical (unpaired) electrons. The Morgan fingerprint density at radius 3 is 2.76 bits per heavy atom. The Labute approximate surface area is 152 Å². The van der Waals surface area contributed by atoms with Crippen molar-refractivity contribution in [3.05, 3.63) is 29.8 Å². The lowest BCUT2D eigenvalue weighted by molar-refractivity contribution is 0.265. The maximum atomic E-state index is 5.57. The summed E-state index contributed by atoms with van der Waals surface area (Å²) >= 11 is 0. The molecule has 5 nitrogen and oxygen atoms in total. The van der Waals surface area contributed by atoms with Crippen LogP contribution >= 0.6 is 0 Å². The van der Waals surface area contributed by atoms with Crippen LogP contribution in [0.15, 0.2) is 29.3 Å². The van der Waals surface area contributed by atoms with E-state index in [0.29, 0.717) is 31.2 Å². The SMILES string of the molecule is CCNC(=NCc1cccc(OCC)c1)NC1CN(C(C)C)CC1C. The van der Waals surface area contributed by atoms with E-state index in [-0.39, 0.29) is 0 Å². The molecule has 1 aliphatic rings. The van der Waals surface area contributed by atoms with Crippen molar-refractivity contribution in [3.63, 3.8) is 0 Å². The number of nitrogens with one attached hydrogen (secondary N) is 2. The van der Waals surface area contributed by atoms with Gasteiger partial charge in [-0.2, -0.15) is 0 Å². The maximum Gasteiger partial charge on any atom is 0.191 e. The Morgan fingerprint density at radius 2 is 2.12 bits per heavy atom. The average molecular weight is 347 g/mol. The van der Waals surface area contributed by atoms with Crippen LogP contribution in [-0.2, 0) is 6.54 Å². The van der Waals surface area contributed by atoms with Gasteiger partial charge < -0.3 is 15.4 Å². The number of ether oxygens (including phenoxy) is 1. The number of likely N-dealkylation sites (tertiary alicyclic amines) is 1. The molecule has 1 heterocycles. The molecule has 25 heavy (non-hydrogen) atoms. The van der Waals surface area contributed by atoms with Gasteiger partial charge in [0.25, 0.3) is 0 Å². The first kappa shape index (κ1) is 19.6. The van der Waals surface area contributed by atoms with E-state index in [1.807, 2.05) is 19.1 Å². The monoisotopic (exact) mass is 346 g/mol. The summed E-state index contributed by atoms with van der Waals surface area (Å²) < 4.78 is 5.57. The van der Waals surface area contributed by atoms with Crippen molar-refractivity contribution in [2.45, 2.75) is 53.2 Å². The molecular formula is C20H34N4O. The van der Waals surface area contributed by atoms with Gasteiger partial charge in [0.05, 0.1) is 13.2 Å². The zero-order valence-corrected chi connectivity index (χ0v) is 16.4. The van der Waals surface area contributed by atoms with Gasteiger partial charge in [0, 0.05) is 31.7 Å². The molecule has 140 valence electrons. The standard InChI is InChI=1S/C20H34N4O/c1-6-21-20(23-19-14-24(15(3)4)13-16(19)5)22-12-17-9-8-10-18(11-17)25-7-2/h8-11,15-16,19H,6-7,12-14H2,1-5H3,(H2,21,22,23). The third kappa shape index (κ3) is 5.92. The summed E-state index contributed by atoms with van der Waals surface area (Å²) in [6.07, 6.45) is 0. The Kier molecular flexibility index (Phi) is 7.56. The molecule has 0 aliphatic carbocycles. The lowest BCUT2D eigenvalue weighted by Gasteiger charge is -2.22. The van der Waals surface area contributed by atoms with Gasteiger partial charge in [0.2, 0.25) is 0 Å². The third-order valence-corrected chi connectivity index (χ3v) is 4.67. The van der Waals surface area contributed by atoms with Crippen molar-refractivity contribution in [3.8, 4) is 5.75 Å². The van der Waals surface area contributed by atoms with Gasteiger partial charge in [-0.25, -0.2) is 4.99 Å². The van der Waals surface area contributed by atoms with E-state index in [4.69, 9.17) is 9.73 Å². The summed E-state index contributed by atoms with van der Waals surface area (Å²) in [7, 11) is 0. The average Bonchev–Trinajstić information content (AvgIpc) is 2.95. The Bertz CT molecular complexity index is 558. The summed E-state index contributed by atoms with van der Waals surface area (Å²) in [4.78, 5) is 7.30. The van der Waals surface area contributed by atoms with Crippen molar-refractivity contribution >= 4 is 5.96 Å². The van der Waals surface area contributed by atoms with Gasteiger partial charge in [-0.05, 0) is 51.3 Å². The summed E-state index contributed by atoms with van der Waals surface area (Å²) in [6.45, 7) is 15.4. The molecule has 0 spiro atoms. The van der Waals surface area contributed by atoms with Gasteiger partial charge >= 0.3 is 0 Å². The van der Waals surface area contributed by atoms with Crippen molar-refractivity contribution in [1.82, 2.24) is 15.5 Å². The first-order chi connectivity index (χ1) is 12.0. The van der Waals surface area contributed by atoms with Gasteiger partial charge in [0.1, 0.15) is 5.75 Å². The highest BCUT2D eigenvalue weighted by Crippen LogP contribution is 2.19. The fourth-order valence-corrected chi connectivity index (χ4v) is 3.18. The predicted octanol–water partition coefficient (Wildman–Crippen LogP) is 2.87. The molecule has 0 amide bonds. The fraction of sp³-hybridized carbons (Fsp3) is 0.650. The minimum atomic E-state index is 0.440. The molecule has 1 aromatic rings. The van der Waals surface area contributed by atoms with Crippen LogP contribution in [0.3, 0.4) is 0 Å². The fourth-order valence-electron chi connectivity index (χ4n) is 3.18. The first-order valence-electron chi connectivity index (χ1n) is 9.54. The zero-order chi connectivity index (χ0) is 18.2. The zero-order valence-electron chi connectivity index (χ0n) is 16.4. The van der Waals surface area contributed by atoms with E-state index < -0.39 is 0 Å². The summed E-state index contributed by atoms with van der Waals surface area (Å²) in [5.74, 6) is 2.42. The van der Waals surface area contributed by atoms with Gasteiger partial charge in [-0.3, -0.25) is 4.90 Å². The summed E-state index contributed by atoms with van der Waals surface area (Å²) in [5.41, 5.74) is 1.16. The van der Waals surface area contributed by atoms with Crippen molar-refractivity contribution < 1.29 is 4.74 Å². The highest BCUT2D eigenvalue weighted by atomic mass is 16.5. The van der Waals surface area contributed by atoms with Gasteiger partial charge in [-0.1, -0.05) is 19.1 Å². The lowest BCUT2D eigenvalue weighted by Crippen LogP contribution is -2.46. The second kappa shape index (κ2) is 9.66. The van der Waals surface area contributed by atoms with Crippen LogP contribution in [0, 0.1) is 5.92 Å². The highest BCUT2D eigenvalue weighted by molar-refractivity contribution is 5.80. The molecule has 1 aromatic carbocycles. The molecule has 2 rings (SSSR count). The Balaban J connectivity index is 2.00. The number of aliphatic imine (C=N–C) groups is 1. The van der Waals surface area contributed by atoms with Gasteiger partial charge in [0.15, 0.2) is 5.96 Å². The van der Waals surface area contributed by atoms with E-state index in [9.17, 15) is 0 Å². The van der Waals surface area contributed by atoms with Crippen LogP contribution in [-0.4, -0.2) is 49.2 Å². The number of benzene rings is 1. The minimum Gasteiger partial charge on any atom is -0.494 e. The minimum absolute atomic E-state index is 0.440. The normalized spacial score (nSPS) is 21.6. The highest BCUT2D eigenvalue weighted by Gasteiger charge is 2.31. The molecule has 0 saturated carbocycles. The molecule has 2 N–H and O–H groups in total. The largest absolute Gasteiger partial charge is 0.494 e. The van der Waals surface area contributed by atoms with E-state index in [1.54, 1.807) is 0 Å². The maximum absolute atomic E-state index is 5.57. The Morgan fingerprint density at radius 1 is 1.32 bits per heavy atom. The lowest BCUT2D eigenvalue weighted by atomic mass is 10.1. The third-order valence-electron chi connectivity index (χ3n) is 4.67. The van der Waals surface area contributed by atoms with E-state index >= 15 is 0 Å². The molecular weight excluding hydrogens is 312 g/mol. The Hall–Kier alpha value is -1.75. The number of nitrogens with zero attached hydrogens (tertiary/aromatic N) is 2. The van der Waals surface area contributed by atoms with Crippen LogP contribution in [0.2, 0.25) is 0 Å². The number of rotatable bonds is 7. The van der Waals surface area contributed by atoms with Crippen LogP contribution in [0.5, 0.6) is 5.75 Å². The molecule has 1 fully saturated rings. The van der Waals surface area contributed by atoms with Gasteiger partial charge in [-0.15, -0.1) is 0 Å². The molecule has 1 aliphatic heterocycles. The molecule has 0 aromatic heterocycles. The molecule has 5 heteroatoms. The summed E-state index contributed by atoms with van der Waals surface area (Å²) in [6, 6.07) is 9.20. The molecule has 1 saturated heterocycles. The van der Waals surface area contributed by atoms with Crippen molar-refractivity contribution in [2.75, 3.05) is 26.2 Å². The molecule has 2 unspecified atom stereocenters. The van der Waals surface area contributed by atoms with Crippen LogP contribution in [0.4, 0.5) is 0 Å². The van der Waals surface area contributed by atoms with Crippen molar-refractivity contribution in [1.29, 1.82) is 0 Å². The molecule has 0 bridgehead atoms. The second-order valence-corrected chi connectivity index (χ2v) is 7.05. The smallest absolute Gasteiger partial charge is 0.191 e. The molecule has 2 atom stereocenters. The first-order valence-corrected chi connectivity index (χ1v) is 9.54. The topological polar surface area (TPSA) is 48.9 Å².